The van der Waals surface area contributed by atoms with Crippen LogP contribution < -0.4 is 27.0 Å². The van der Waals surface area contributed by atoms with Crippen molar-refractivity contribution in [3.8, 4) is 0 Å². The van der Waals surface area contributed by atoms with Crippen LogP contribution in [-0.2, 0) is 14.4 Å². The minimum absolute atomic E-state index is 0.0104. The Bertz CT molecular complexity index is 1640. The molecule has 0 aliphatic heterocycles. The number of amides is 2. The van der Waals surface area contributed by atoms with E-state index in [1.54, 1.807) is 24.3 Å². The number of alkyl halides is 6. The summed E-state index contributed by atoms with van der Waals surface area (Å²) in [7, 11) is 0. The van der Waals surface area contributed by atoms with E-state index in [1.165, 1.54) is 6.92 Å². The summed E-state index contributed by atoms with van der Waals surface area (Å²) in [5, 5.41) is 34.8. The minimum atomic E-state index is -5.08. The molecule has 1 heterocycles. The molecule has 266 valence electrons. The average Bonchev–Trinajstić information content (AvgIpc) is 2.98. The standard InChI is InChI=1S/C25H30N8O2.2C2HF3O2/c1-14-7-12-19-18(13-14)22(29-20-5-3-4-6-21(20)30-24(26)27)32-25(31-19)33-23(35)16-8-10-17(11-9-16)28-15(2)34;2*3-2(4,5)1(6)7/h7-13,20-21H,3-6H2,1-2H3,(H,28,34)(H4,26,27,30)(H2,29,31,32,33,35);2*(H,6,7). The van der Waals surface area contributed by atoms with Crippen molar-refractivity contribution in [2.45, 2.75) is 64.0 Å². The molecule has 0 spiro atoms. The zero-order valence-corrected chi connectivity index (χ0v) is 25.8. The molecule has 4 rings (SSSR count). The second-order valence-electron chi connectivity index (χ2n) is 10.4. The number of aliphatic carboxylic acids is 2. The van der Waals surface area contributed by atoms with Gasteiger partial charge < -0.3 is 31.9 Å². The number of guanidine groups is 1. The minimum Gasteiger partial charge on any atom is -0.475 e. The number of benzene rings is 2. The zero-order valence-electron chi connectivity index (χ0n) is 25.8. The lowest BCUT2D eigenvalue weighted by Gasteiger charge is -2.33. The number of nitrogens with zero attached hydrogens (tertiary/aromatic N) is 2. The highest BCUT2D eigenvalue weighted by Crippen LogP contribution is 2.28. The second kappa shape index (κ2) is 16.9. The van der Waals surface area contributed by atoms with E-state index in [-0.39, 0.29) is 35.8 Å². The predicted octanol–water partition coefficient (Wildman–Crippen LogP) is 4.62. The third kappa shape index (κ3) is 13.1. The molecule has 3 aromatic rings. The Balaban J connectivity index is 0.000000500. The van der Waals surface area contributed by atoms with E-state index in [9.17, 15) is 35.9 Å². The maximum atomic E-state index is 12.9. The molecule has 1 aliphatic carbocycles. The number of anilines is 3. The largest absolute Gasteiger partial charge is 0.490 e. The Labute approximate surface area is 274 Å². The fraction of sp³-hybridized carbons (Fsp3) is 0.345. The molecule has 49 heavy (non-hydrogen) atoms. The summed E-state index contributed by atoms with van der Waals surface area (Å²) in [6.45, 7) is 3.43. The molecule has 0 radical (unpaired) electrons. The molecule has 1 fully saturated rings. The third-order valence-corrected chi connectivity index (χ3v) is 6.46. The van der Waals surface area contributed by atoms with Gasteiger partial charge in [-0.25, -0.2) is 14.6 Å². The van der Waals surface area contributed by atoms with Gasteiger partial charge in [0.25, 0.3) is 5.91 Å². The van der Waals surface area contributed by atoms with Crippen LogP contribution in [-0.4, -0.2) is 74.3 Å². The van der Waals surface area contributed by atoms with Crippen molar-refractivity contribution in [3.05, 3.63) is 53.6 Å². The highest BCUT2D eigenvalue weighted by atomic mass is 19.4. The lowest BCUT2D eigenvalue weighted by Crippen LogP contribution is -2.50. The first-order chi connectivity index (χ1) is 22.7. The molecule has 1 aromatic heterocycles. The van der Waals surface area contributed by atoms with E-state index in [0.29, 0.717) is 22.6 Å². The molecular weight excluding hydrogens is 670 g/mol. The second-order valence-corrected chi connectivity index (χ2v) is 10.4. The Hall–Kier alpha value is -5.69. The Morgan fingerprint density at radius 2 is 1.39 bits per heavy atom. The van der Waals surface area contributed by atoms with E-state index in [2.05, 4.69) is 31.2 Å². The van der Waals surface area contributed by atoms with Crippen LogP contribution in [0.5, 0.6) is 0 Å². The number of nitrogens with one attached hydrogen (secondary N) is 5. The molecule has 0 saturated heterocycles. The number of carbonyl (C=O) groups excluding carboxylic acids is 2. The maximum absolute atomic E-state index is 12.9. The monoisotopic (exact) mass is 702 g/mol. The Morgan fingerprint density at radius 3 is 1.88 bits per heavy atom. The predicted molar refractivity (Wildman–Crippen MR) is 165 cm³/mol. The maximum Gasteiger partial charge on any atom is 0.490 e. The molecule has 1 saturated carbocycles. The van der Waals surface area contributed by atoms with Gasteiger partial charge in [0.15, 0.2) is 5.96 Å². The van der Waals surface area contributed by atoms with Crippen LogP contribution in [0.1, 0.15) is 48.5 Å². The van der Waals surface area contributed by atoms with Gasteiger partial charge in [-0.15, -0.1) is 0 Å². The number of rotatable bonds is 6. The fourth-order valence-electron chi connectivity index (χ4n) is 4.34. The van der Waals surface area contributed by atoms with Crippen molar-refractivity contribution >= 4 is 58.1 Å². The smallest absolute Gasteiger partial charge is 0.475 e. The SMILES string of the molecule is CC(=O)Nc1ccc(C(=O)Nc2nc(NC3CCCCC3NC(=N)N)c3cc(C)ccc3n2)cc1.O=C(O)C(F)(F)F.O=C(O)C(F)(F)F. The number of hydrogen-bond acceptors (Lipinski definition) is 8. The normalized spacial score (nSPS) is 15.7. The van der Waals surface area contributed by atoms with E-state index in [0.717, 1.165) is 36.6 Å². The lowest BCUT2D eigenvalue weighted by molar-refractivity contribution is -0.193. The summed E-state index contributed by atoms with van der Waals surface area (Å²) in [5.74, 6) is -5.29. The van der Waals surface area contributed by atoms with Crippen molar-refractivity contribution in [2.75, 3.05) is 16.0 Å². The van der Waals surface area contributed by atoms with Crippen molar-refractivity contribution in [1.82, 2.24) is 15.3 Å². The van der Waals surface area contributed by atoms with Gasteiger partial charge in [0.1, 0.15) is 5.82 Å². The number of aryl methyl sites for hydroxylation is 1. The molecule has 2 amide bonds. The summed E-state index contributed by atoms with van der Waals surface area (Å²) in [4.78, 5) is 51.1. The molecule has 14 nitrogen and oxygen atoms in total. The summed E-state index contributed by atoms with van der Waals surface area (Å²) in [6.07, 6.45) is -6.23. The summed E-state index contributed by atoms with van der Waals surface area (Å²) >= 11 is 0. The number of carboxylic acids is 2. The number of halogens is 6. The van der Waals surface area contributed by atoms with Crippen molar-refractivity contribution in [3.63, 3.8) is 0 Å². The summed E-state index contributed by atoms with van der Waals surface area (Å²) in [6, 6.07) is 12.5. The number of nitrogens with two attached hydrogens (primary N) is 1. The molecule has 20 heteroatoms. The average molecular weight is 703 g/mol. The van der Waals surface area contributed by atoms with Gasteiger partial charge in [0.2, 0.25) is 11.9 Å². The number of carbonyl (C=O) groups is 4. The van der Waals surface area contributed by atoms with E-state index in [1.807, 2.05) is 25.1 Å². The summed E-state index contributed by atoms with van der Waals surface area (Å²) in [5.41, 5.74) is 8.41. The first kappa shape index (κ1) is 39.5. The van der Waals surface area contributed by atoms with Gasteiger partial charge in [-0.2, -0.15) is 31.3 Å². The molecule has 1 aliphatic rings. The highest BCUT2D eigenvalue weighted by Gasteiger charge is 2.39. The molecule has 2 atom stereocenters. The molecule has 2 unspecified atom stereocenters. The van der Waals surface area contributed by atoms with Crippen molar-refractivity contribution in [2.24, 2.45) is 5.73 Å². The van der Waals surface area contributed by atoms with Crippen molar-refractivity contribution in [1.29, 1.82) is 5.41 Å². The van der Waals surface area contributed by atoms with Gasteiger partial charge >= 0.3 is 24.3 Å². The number of hydrogen-bond donors (Lipinski definition) is 8. The van der Waals surface area contributed by atoms with Crippen LogP contribution in [0.15, 0.2) is 42.5 Å². The van der Waals surface area contributed by atoms with Crippen LogP contribution in [0.3, 0.4) is 0 Å². The van der Waals surface area contributed by atoms with Crippen LogP contribution in [0.4, 0.5) is 43.8 Å². The Morgan fingerprint density at radius 1 is 0.857 bits per heavy atom. The van der Waals surface area contributed by atoms with Crippen LogP contribution >= 0.6 is 0 Å². The number of aromatic nitrogens is 2. The van der Waals surface area contributed by atoms with E-state index >= 15 is 0 Å². The van der Waals surface area contributed by atoms with Crippen LogP contribution in [0.2, 0.25) is 0 Å². The number of carboxylic acid groups (broad SMARTS) is 2. The van der Waals surface area contributed by atoms with E-state index < -0.39 is 24.3 Å². The van der Waals surface area contributed by atoms with Gasteiger partial charge in [-0.3, -0.25) is 20.3 Å². The van der Waals surface area contributed by atoms with Gasteiger partial charge in [-0.05, 0) is 56.2 Å². The lowest BCUT2D eigenvalue weighted by atomic mass is 9.90. The van der Waals surface area contributed by atoms with Crippen LogP contribution in [0.25, 0.3) is 10.9 Å². The quantitative estimate of drug-likeness (QED) is 0.100. The fourth-order valence-corrected chi connectivity index (χ4v) is 4.34. The summed E-state index contributed by atoms with van der Waals surface area (Å²) < 4.78 is 63.5. The topological polar surface area (TPSA) is 233 Å². The highest BCUT2D eigenvalue weighted by molar-refractivity contribution is 6.04. The van der Waals surface area contributed by atoms with Gasteiger partial charge in [-0.1, -0.05) is 24.5 Å². The first-order valence-corrected chi connectivity index (χ1v) is 14.1. The van der Waals surface area contributed by atoms with Gasteiger partial charge in [0.05, 0.1) is 5.52 Å². The first-order valence-electron chi connectivity index (χ1n) is 14.1. The van der Waals surface area contributed by atoms with Gasteiger partial charge in [0, 0.05) is 35.6 Å². The zero-order chi connectivity index (χ0) is 37.1. The molecule has 0 bridgehead atoms. The van der Waals surface area contributed by atoms with E-state index in [4.69, 9.17) is 30.9 Å². The van der Waals surface area contributed by atoms with Crippen molar-refractivity contribution < 1.29 is 55.7 Å². The molecular formula is C29H32F6N8O6. The molecule has 9 N–H and O–H groups in total. The molecule has 2 aromatic carbocycles. The third-order valence-electron chi connectivity index (χ3n) is 6.46. The Kier molecular flexibility index (Phi) is 13.6. The number of fused-ring (bicyclic) bond motifs is 1. The van der Waals surface area contributed by atoms with Crippen LogP contribution in [0, 0.1) is 12.3 Å².